The number of aromatic nitrogens is 4. The molecule has 1 amide bonds. The molecule has 2 rings (SSSR count). The van der Waals surface area contributed by atoms with Gasteiger partial charge in [-0.3, -0.25) is 4.79 Å². The molecule has 22 heavy (non-hydrogen) atoms. The largest absolute Gasteiger partial charge is 0.497 e. The van der Waals surface area contributed by atoms with Crippen LogP contribution in [0.15, 0.2) is 29.4 Å². The molecule has 7 nitrogen and oxygen atoms in total. The van der Waals surface area contributed by atoms with Crippen LogP contribution in [0.3, 0.4) is 0 Å². The molecule has 0 saturated heterocycles. The van der Waals surface area contributed by atoms with Crippen LogP contribution in [0, 0.1) is 0 Å². The Labute approximate surface area is 133 Å². The molecule has 0 saturated carbocycles. The predicted molar refractivity (Wildman–Crippen MR) is 84.3 cm³/mol. The molecule has 0 unspecified atom stereocenters. The van der Waals surface area contributed by atoms with Crippen LogP contribution in [0.1, 0.15) is 20.8 Å². The van der Waals surface area contributed by atoms with Crippen LogP contribution in [0.25, 0.3) is 5.69 Å². The van der Waals surface area contributed by atoms with Crippen LogP contribution in [0.4, 0.5) is 0 Å². The van der Waals surface area contributed by atoms with Gasteiger partial charge in [0.2, 0.25) is 11.1 Å². The number of thioether (sulfide) groups is 1. The van der Waals surface area contributed by atoms with Gasteiger partial charge in [-0.2, -0.15) is 4.68 Å². The predicted octanol–water partition coefficient (Wildman–Crippen LogP) is 1.68. The fraction of sp³-hybridized carbons (Fsp3) is 0.429. The molecule has 0 aliphatic rings. The zero-order chi connectivity index (χ0) is 16.2. The van der Waals surface area contributed by atoms with E-state index in [2.05, 4.69) is 20.8 Å². The Hall–Kier alpha value is -2.09. The molecule has 0 aliphatic heterocycles. The van der Waals surface area contributed by atoms with Gasteiger partial charge in [-0.15, -0.1) is 5.10 Å². The van der Waals surface area contributed by atoms with Gasteiger partial charge in [0.1, 0.15) is 5.75 Å². The second-order valence-corrected chi connectivity index (χ2v) is 6.60. The normalized spacial score (nSPS) is 11.3. The van der Waals surface area contributed by atoms with Crippen molar-refractivity contribution < 1.29 is 9.53 Å². The quantitative estimate of drug-likeness (QED) is 0.844. The molecule has 1 N–H and O–H groups in total. The third-order valence-corrected chi connectivity index (χ3v) is 3.50. The number of carbonyl (C=O) groups excluding carboxylic acids is 1. The second kappa shape index (κ2) is 6.78. The number of methoxy groups -OCH3 is 1. The van der Waals surface area contributed by atoms with E-state index < -0.39 is 0 Å². The minimum Gasteiger partial charge on any atom is -0.497 e. The summed E-state index contributed by atoms with van der Waals surface area (Å²) < 4.78 is 6.77. The topological polar surface area (TPSA) is 81.9 Å². The number of benzene rings is 1. The lowest BCUT2D eigenvalue weighted by Crippen LogP contribution is -2.41. The van der Waals surface area contributed by atoms with Crippen LogP contribution in [0.5, 0.6) is 5.75 Å². The van der Waals surface area contributed by atoms with Gasteiger partial charge in [0.15, 0.2) is 0 Å². The summed E-state index contributed by atoms with van der Waals surface area (Å²) in [5, 5.41) is 15.1. The molecule has 118 valence electrons. The first kappa shape index (κ1) is 16.3. The summed E-state index contributed by atoms with van der Waals surface area (Å²) in [5.41, 5.74) is 0.527. The van der Waals surface area contributed by atoms with Crippen molar-refractivity contribution in [3.63, 3.8) is 0 Å². The van der Waals surface area contributed by atoms with Crippen LogP contribution < -0.4 is 10.1 Å². The Morgan fingerprint density at radius 2 is 2.18 bits per heavy atom. The first-order valence-electron chi connectivity index (χ1n) is 6.76. The van der Waals surface area contributed by atoms with Crippen molar-refractivity contribution in [3.8, 4) is 11.4 Å². The monoisotopic (exact) mass is 321 g/mol. The summed E-state index contributed by atoms with van der Waals surface area (Å²) in [6.45, 7) is 5.82. The molecule has 1 aromatic heterocycles. The molecule has 1 aromatic carbocycles. The van der Waals surface area contributed by atoms with E-state index in [4.69, 9.17) is 4.74 Å². The van der Waals surface area contributed by atoms with Gasteiger partial charge in [-0.25, -0.2) is 0 Å². The summed E-state index contributed by atoms with van der Waals surface area (Å²) in [4.78, 5) is 11.9. The second-order valence-electron chi connectivity index (χ2n) is 5.66. The van der Waals surface area contributed by atoms with Crippen molar-refractivity contribution in [2.45, 2.75) is 31.5 Å². The highest BCUT2D eigenvalue weighted by molar-refractivity contribution is 7.99. The molecule has 0 aliphatic carbocycles. The summed E-state index contributed by atoms with van der Waals surface area (Å²) in [7, 11) is 1.60. The van der Waals surface area contributed by atoms with E-state index in [1.54, 1.807) is 11.8 Å². The molecule has 0 fully saturated rings. The highest BCUT2D eigenvalue weighted by Crippen LogP contribution is 2.21. The maximum Gasteiger partial charge on any atom is 0.230 e. The standard InChI is InChI=1S/C14H19N5O2S/c1-14(2,3)15-12(20)9-22-13-16-17-18-19(13)10-6-5-7-11(8-10)21-4/h5-8H,9H2,1-4H3,(H,15,20). The van der Waals surface area contributed by atoms with E-state index in [1.807, 2.05) is 45.0 Å². The number of rotatable bonds is 5. The van der Waals surface area contributed by atoms with E-state index in [9.17, 15) is 4.79 Å². The first-order valence-corrected chi connectivity index (χ1v) is 7.74. The Bertz CT molecular complexity index is 651. The summed E-state index contributed by atoms with van der Waals surface area (Å²) >= 11 is 1.28. The highest BCUT2D eigenvalue weighted by Gasteiger charge is 2.16. The molecule has 0 radical (unpaired) electrons. The lowest BCUT2D eigenvalue weighted by Gasteiger charge is -2.20. The van der Waals surface area contributed by atoms with Gasteiger partial charge in [-0.1, -0.05) is 17.8 Å². The number of carbonyl (C=O) groups is 1. The maximum atomic E-state index is 11.9. The highest BCUT2D eigenvalue weighted by atomic mass is 32.2. The molecule has 2 aromatic rings. The van der Waals surface area contributed by atoms with E-state index in [-0.39, 0.29) is 17.2 Å². The molecule has 8 heteroatoms. The van der Waals surface area contributed by atoms with Gasteiger partial charge in [-0.05, 0) is 43.3 Å². The van der Waals surface area contributed by atoms with Gasteiger partial charge >= 0.3 is 0 Å². The summed E-state index contributed by atoms with van der Waals surface area (Å²) in [6, 6.07) is 7.40. The van der Waals surface area contributed by atoms with E-state index in [0.717, 1.165) is 11.4 Å². The van der Waals surface area contributed by atoms with E-state index in [0.29, 0.717) is 5.16 Å². The third-order valence-electron chi connectivity index (χ3n) is 2.59. The molecular weight excluding hydrogens is 302 g/mol. The average molecular weight is 321 g/mol. The number of nitrogens with one attached hydrogen (secondary N) is 1. The zero-order valence-electron chi connectivity index (χ0n) is 13.0. The summed E-state index contributed by atoms with van der Waals surface area (Å²) in [6.07, 6.45) is 0. The average Bonchev–Trinajstić information content (AvgIpc) is 2.92. The van der Waals surface area contributed by atoms with Gasteiger partial charge in [0.05, 0.1) is 18.6 Å². The number of hydrogen-bond acceptors (Lipinski definition) is 6. The minimum absolute atomic E-state index is 0.0577. The molecule has 0 bridgehead atoms. The SMILES string of the molecule is COc1cccc(-n2nnnc2SCC(=O)NC(C)(C)C)c1. The lowest BCUT2D eigenvalue weighted by molar-refractivity contribution is -0.119. The van der Waals surface area contributed by atoms with Gasteiger partial charge in [0, 0.05) is 11.6 Å². The van der Waals surface area contributed by atoms with Crippen molar-refractivity contribution in [3.05, 3.63) is 24.3 Å². The minimum atomic E-state index is -0.254. The zero-order valence-corrected chi connectivity index (χ0v) is 13.8. The van der Waals surface area contributed by atoms with Crippen molar-refractivity contribution in [2.24, 2.45) is 0 Å². The third kappa shape index (κ3) is 4.45. The molecule has 0 spiro atoms. The summed E-state index contributed by atoms with van der Waals surface area (Å²) in [5.74, 6) is 0.911. The fourth-order valence-electron chi connectivity index (χ4n) is 1.76. The van der Waals surface area contributed by atoms with E-state index in [1.165, 1.54) is 11.8 Å². The van der Waals surface area contributed by atoms with Gasteiger partial charge in [0.25, 0.3) is 0 Å². The Morgan fingerprint density at radius 3 is 2.86 bits per heavy atom. The van der Waals surface area contributed by atoms with Crippen LogP contribution >= 0.6 is 11.8 Å². The smallest absolute Gasteiger partial charge is 0.230 e. The van der Waals surface area contributed by atoms with Crippen molar-refractivity contribution in [1.82, 2.24) is 25.5 Å². The number of tetrazole rings is 1. The van der Waals surface area contributed by atoms with Crippen molar-refractivity contribution in [2.75, 3.05) is 12.9 Å². The van der Waals surface area contributed by atoms with E-state index >= 15 is 0 Å². The van der Waals surface area contributed by atoms with Gasteiger partial charge < -0.3 is 10.1 Å². The molecule has 1 heterocycles. The first-order chi connectivity index (χ1) is 10.4. The Balaban J connectivity index is 2.08. The number of hydrogen-bond donors (Lipinski definition) is 1. The molecular formula is C14H19N5O2S. The van der Waals surface area contributed by atoms with Crippen molar-refractivity contribution >= 4 is 17.7 Å². The fourth-order valence-corrected chi connectivity index (χ4v) is 2.45. The molecule has 0 atom stereocenters. The maximum absolute atomic E-state index is 11.9. The van der Waals surface area contributed by atoms with Crippen LogP contribution in [0.2, 0.25) is 0 Å². The van der Waals surface area contributed by atoms with Crippen LogP contribution in [-0.2, 0) is 4.79 Å². The van der Waals surface area contributed by atoms with Crippen molar-refractivity contribution in [1.29, 1.82) is 0 Å². The Kier molecular flexibility index (Phi) is 5.02. The lowest BCUT2D eigenvalue weighted by atomic mass is 10.1. The number of nitrogens with zero attached hydrogens (tertiary/aromatic N) is 4. The van der Waals surface area contributed by atoms with Crippen LogP contribution in [-0.4, -0.2) is 44.5 Å². The number of amides is 1. The number of ether oxygens (including phenoxy) is 1. The Morgan fingerprint density at radius 1 is 1.41 bits per heavy atom.